The quantitative estimate of drug-likeness (QED) is 0.484. The number of nitrogens with one attached hydrogen (secondary N) is 2. The van der Waals surface area contributed by atoms with Crippen molar-refractivity contribution in [3.05, 3.63) is 90.0 Å². The molecule has 0 aliphatic heterocycles. The number of ether oxygens (including phenoxy) is 1. The molecule has 0 spiro atoms. The molecule has 0 unspecified atom stereocenters. The largest absolute Gasteiger partial charge is 0.484 e. The highest BCUT2D eigenvalue weighted by atomic mass is 16.5. The van der Waals surface area contributed by atoms with Crippen LogP contribution in [-0.4, -0.2) is 18.7 Å². The average molecular weight is 359 g/mol. The predicted octanol–water partition coefficient (Wildman–Crippen LogP) is 4.46. The Morgan fingerprint density at radius 1 is 0.963 bits per heavy atom. The van der Waals surface area contributed by atoms with Crippen LogP contribution < -0.4 is 15.5 Å². The van der Waals surface area contributed by atoms with E-state index < -0.39 is 0 Å². The predicted molar refractivity (Wildman–Crippen MR) is 109 cm³/mol. The number of rotatable bonds is 7. The molecular weight excluding hydrogens is 338 g/mol. The van der Waals surface area contributed by atoms with Crippen molar-refractivity contribution in [1.29, 1.82) is 0 Å². The molecule has 0 radical (unpaired) electrons. The summed E-state index contributed by atoms with van der Waals surface area (Å²) < 4.78 is 5.54. The zero-order valence-corrected chi connectivity index (χ0v) is 15.1. The van der Waals surface area contributed by atoms with E-state index in [4.69, 9.17) is 4.74 Å². The SMILES string of the molecule is Cc1ccccc1NC(=O)COc1ccc(/C=N/Nc2ccccc2)cc1. The Morgan fingerprint density at radius 3 is 2.41 bits per heavy atom. The molecule has 2 N–H and O–H groups in total. The number of hydrogen-bond acceptors (Lipinski definition) is 4. The molecule has 136 valence electrons. The van der Waals surface area contributed by atoms with Crippen molar-refractivity contribution < 1.29 is 9.53 Å². The summed E-state index contributed by atoms with van der Waals surface area (Å²) in [4.78, 5) is 12.0. The van der Waals surface area contributed by atoms with Gasteiger partial charge >= 0.3 is 0 Å². The Bertz CT molecular complexity index is 906. The van der Waals surface area contributed by atoms with Crippen LogP contribution in [-0.2, 0) is 4.79 Å². The highest BCUT2D eigenvalue weighted by Crippen LogP contribution is 2.14. The summed E-state index contributed by atoms with van der Waals surface area (Å²) in [5.41, 5.74) is 6.62. The van der Waals surface area contributed by atoms with Crippen molar-refractivity contribution in [2.24, 2.45) is 5.10 Å². The maximum Gasteiger partial charge on any atom is 0.262 e. The minimum absolute atomic E-state index is 0.0443. The lowest BCUT2D eigenvalue weighted by Crippen LogP contribution is -2.20. The second-order valence-corrected chi connectivity index (χ2v) is 5.96. The molecule has 0 aromatic heterocycles. The number of nitrogens with zero attached hydrogens (tertiary/aromatic N) is 1. The van der Waals surface area contributed by atoms with Crippen molar-refractivity contribution >= 4 is 23.5 Å². The summed E-state index contributed by atoms with van der Waals surface area (Å²) in [6.45, 7) is 1.90. The van der Waals surface area contributed by atoms with Crippen LogP contribution >= 0.6 is 0 Å². The Labute approximate surface area is 158 Å². The Hall–Kier alpha value is -3.60. The van der Waals surface area contributed by atoms with Gasteiger partial charge in [0, 0.05) is 5.69 Å². The number of amides is 1. The summed E-state index contributed by atoms with van der Waals surface area (Å²) in [6, 6.07) is 24.7. The van der Waals surface area contributed by atoms with Crippen molar-refractivity contribution in [3.63, 3.8) is 0 Å². The zero-order valence-electron chi connectivity index (χ0n) is 15.1. The van der Waals surface area contributed by atoms with Crippen LogP contribution in [0.3, 0.4) is 0 Å². The fraction of sp³-hybridized carbons (Fsp3) is 0.0909. The van der Waals surface area contributed by atoms with Crippen molar-refractivity contribution in [3.8, 4) is 5.75 Å². The van der Waals surface area contributed by atoms with Gasteiger partial charge in [0.05, 0.1) is 11.9 Å². The lowest BCUT2D eigenvalue weighted by molar-refractivity contribution is -0.118. The number of para-hydroxylation sites is 2. The second kappa shape index (κ2) is 9.20. The molecule has 0 heterocycles. The fourth-order valence-electron chi connectivity index (χ4n) is 2.39. The molecule has 3 aromatic carbocycles. The zero-order chi connectivity index (χ0) is 18.9. The molecular formula is C22H21N3O2. The molecule has 3 aromatic rings. The van der Waals surface area contributed by atoms with Gasteiger partial charge in [-0.15, -0.1) is 0 Å². The van der Waals surface area contributed by atoms with Crippen LogP contribution in [0.25, 0.3) is 0 Å². The monoisotopic (exact) mass is 359 g/mol. The number of benzene rings is 3. The van der Waals surface area contributed by atoms with E-state index in [-0.39, 0.29) is 12.5 Å². The highest BCUT2D eigenvalue weighted by molar-refractivity contribution is 5.92. The minimum Gasteiger partial charge on any atom is -0.484 e. The highest BCUT2D eigenvalue weighted by Gasteiger charge is 2.05. The van der Waals surface area contributed by atoms with E-state index in [0.717, 1.165) is 22.5 Å². The van der Waals surface area contributed by atoms with Gasteiger partial charge in [0.15, 0.2) is 6.61 Å². The standard InChI is InChI=1S/C22H21N3O2/c1-17-7-5-6-10-21(17)24-22(26)16-27-20-13-11-18(12-14-20)15-23-25-19-8-3-2-4-9-19/h2-15,25H,16H2,1H3,(H,24,26)/b23-15+. The molecule has 0 atom stereocenters. The van der Waals surface area contributed by atoms with E-state index in [1.54, 1.807) is 6.21 Å². The first kappa shape index (κ1) is 18.2. The molecule has 1 amide bonds. The maximum absolute atomic E-state index is 12.0. The van der Waals surface area contributed by atoms with Crippen molar-refractivity contribution in [2.75, 3.05) is 17.3 Å². The van der Waals surface area contributed by atoms with Gasteiger partial charge in [0.2, 0.25) is 0 Å². The van der Waals surface area contributed by atoms with Crippen LogP contribution in [0.1, 0.15) is 11.1 Å². The fourth-order valence-corrected chi connectivity index (χ4v) is 2.39. The van der Waals surface area contributed by atoms with Crippen LogP contribution in [0.15, 0.2) is 84.0 Å². The molecule has 0 bridgehead atoms. The summed E-state index contributed by atoms with van der Waals surface area (Å²) in [7, 11) is 0. The Morgan fingerprint density at radius 2 is 1.67 bits per heavy atom. The molecule has 0 saturated carbocycles. The molecule has 5 nitrogen and oxygen atoms in total. The number of aryl methyl sites for hydroxylation is 1. The molecule has 3 rings (SSSR count). The topological polar surface area (TPSA) is 62.7 Å². The third kappa shape index (κ3) is 5.71. The summed E-state index contributed by atoms with van der Waals surface area (Å²) >= 11 is 0. The van der Waals surface area contributed by atoms with Gasteiger partial charge in [-0.2, -0.15) is 5.10 Å². The number of hydrogen-bond donors (Lipinski definition) is 2. The van der Waals surface area contributed by atoms with Gasteiger partial charge in [-0.1, -0.05) is 36.4 Å². The summed E-state index contributed by atoms with van der Waals surface area (Å²) in [5.74, 6) is 0.435. The van der Waals surface area contributed by atoms with Crippen LogP contribution in [0.5, 0.6) is 5.75 Å². The van der Waals surface area contributed by atoms with Gasteiger partial charge in [-0.3, -0.25) is 10.2 Å². The molecule has 27 heavy (non-hydrogen) atoms. The van der Waals surface area contributed by atoms with Gasteiger partial charge in [-0.25, -0.2) is 0 Å². The van der Waals surface area contributed by atoms with E-state index in [1.165, 1.54) is 0 Å². The molecule has 0 aliphatic carbocycles. The molecule has 0 aliphatic rings. The third-order valence-electron chi connectivity index (χ3n) is 3.85. The van der Waals surface area contributed by atoms with Gasteiger partial charge in [0.25, 0.3) is 5.91 Å². The second-order valence-electron chi connectivity index (χ2n) is 5.96. The van der Waals surface area contributed by atoms with Gasteiger partial charge in [-0.05, 0) is 60.5 Å². The van der Waals surface area contributed by atoms with E-state index in [2.05, 4.69) is 15.8 Å². The average Bonchev–Trinajstić information content (AvgIpc) is 2.70. The third-order valence-corrected chi connectivity index (χ3v) is 3.85. The first-order valence-corrected chi connectivity index (χ1v) is 8.63. The van der Waals surface area contributed by atoms with Crippen LogP contribution in [0.2, 0.25) is 0 Å². The lowest BCUT2D eigenvalue weighted by atomic mass is 10.2. The van der Waals surface area contributed by atoms with E-state index in [1.807, 2.05) is 85.8 Å². The van der Waals surface area contributed by atoms with E-state index >= 15 is 0 Å². The van der Waals surface area contributed by atoms with Gasteiger partial charge < -0.3 is 10.1 Å². The van der Waals surface area contributed by atoms with E-state index in [0.29, 0.717) is 5.75 Å². The maximum atomic E-state index is 12.0. The first-order valence-electron chi connectivity index (χ1n) is 8.63. The number of carbonyl (C=O) groups excluding carboxylic acids is 1. The Balaban J connectivity index is 1.47. The Kier molecular flexibility index (Phi) is 6.20. The normalized spacial score (nSPS) is 10.6. The smallest absolute Gasteiger partial charge is 0.262 e. The van der Waals surface area contributed by atoms with E-state index in [9.17, 15) is 4.79 Å². The first-order chi connectivity index (χ1) is 13.2. The van der Waals surface area contributed by atoms with Gasteiger partial charge in [0.1, 0.15) is 5.75 Å². The van der Waals surface area contributed by atoms with Crippen LogP contribution in [0, 0.1) is 6.92 Å². The van der Waals surface area contributed by atoms with Crippen LogP contribution in [0.4, 0.5) is 11.4 Å². The molecule has 5 heteroatoms. The minimum atomic E-state index is -0.193. The molecule has 0 saturated heterocycles. The summed E-state index contributed by atoms with van der Waals surface area (Å²) in [6.07, 6.45) is 1.72. The molecule has 0 fully saturated rings. The number of hydrazone groups is 1. The lowest BCUT2D eigenvalue weighted by Gasteiger charge is -2.09. The van der Waals surface area contributed by atoms with Crippen molar-refractivity contribution in [2.45, 2.75) is 6.92 Å². The number of carbonyl (C=O) groups is 1. The number of anilines is 2. The van der Waals surface area contributed by atoms with Crippen molar-refractivity contribution in [1.82, 2.24) is 0 Å². The summed E-state index contributed by atoms with van der Waals surface area (Å²) in [5, 5.41) is 7.03.